The quantitative estimate of drug-likeness (QED) is 0.356. The van der Waals surface area contributed by atoms with Crippen LogP contribution in [0.4, 0.5) is 0 Å². The van der Waals surface area contributed by atoms with Crippen molar-refractivity contribution in [3.63, 3.8) is 0 Å². The molecule has 0 bridgehead atoms. The van der Waals surface area contributed by atoms with E-state index in [2.05, 4.69) is 0 Å². The van der Waals surface area contributed by atoms with Crippen LogP contribution in [0.15, 0.2) is 106 Å². The van der Waals surface area contributed by atoms with E-state index in [4.69, 9.17) is 13.7 Å². The van der Waals surface area contributed by atoms with Crippen LogP contribution in [-0.4, -0.2) is 38.9 Å². The highest BCUT2D eigenvalue weighted by atomic mass is 32.2. The molecule has 31 heavy (non-hydrogen) atoms. The van der Waals surface area contributed by atoms with Gasteiger partial charge < -0.3 is 0 Å². The van der Waals surface area contributed by atoms with E-state index in [9.17, 15) is 25.3 Å². The Balaban J connectivity index is 0.000000429. The molecule has 3 aromatic carbocycles. The third-order valence-corrected chi connectivity index (χ3v) is 5.73. The van der Waals surface area contributed by atoms with Crippen LogP contribution in [0.2, 0.25) is 0 Å². The van der Waals surface area contributed by atoms with Crippen molar-refractivity contribution < 1.29 is 38.9 Å². The molecule has 3 rings (SSSR count). The molecule has 1 unspecified atom stereocenters. The maximum Gasteiger partial charge on any atom is 0.294 e. The largest absolute Gasteiger partial charge is 0.294 e. The van der Waals surface area contributed by atoms with Gasteiger partial charge in [0.15, 0.2) is 0 Å². The van der Waals surface area contributed by atoms with Crippen LogP contribution in [0.5, 0.6) is 0 Å². The summed E-state index contributed by atoms with van der Waals surface area (Å²) in [4.78, 5) is -0.222. The highest BCUT2D eigenvalue weighted by Crippen LogP contribution is 2.06. The molecule has 0 aliphatic heterocycles. The molecule has 0 radical (unpaired) electrons. The molecule has 3 N–H and O–H groups in total. The summed E-state index contributed by atoms with van der Waals surface area (Å²) in [5.41, 5.74) is 0. The molecule has 0 saturated carbocycles. The molecular weight excluding hydrogens is 487 g/mol. The molecule has 0 aromatic heterocycles. The van der Waals surface area contributed by atoms with Gasteiger partial charge in [-0.25, -0.2) is 0 Å². The number of rotatable bonds is 3. The maximum atomic E-state index is 10.4. The lowest BCUT2D eigenvalue weighted by Crippen LogP contribution is -1.96. The van der Waals surface area contributed by atoms with E-state index in [-0.39, 0.29) is 24.6 Å². The third-order valence-electron chi connectivity index (χ3n) is 3.12. The molecule has 1 atom stereocenters. The van der Waals surface area contributed by atoms with E-state index in [1.54, 1.807) is 54.6 Å². The van der Waals surface area contributed by atoms with E-state index >= 15 is 0 Å². The number of hydrogen-bond donors (Lipinski definition) is 3. The summed E-state index contributed by atoms with van der Waals surface area (Å²) < 4.78 is 87.7. The fourth-order valence-corrected chi connectivity index (χ4v) is 3.28. The molecule has 0 spiro atoms. The first-order valence-electron chi connectivity index (χ1n) is 7.89. The SMILES string of the molecule is O=S(=O)(O)c1ccccc1.O=S(=O)(O)c1ccccc1.O=S(=O)(O)c1ccccc1.P. The molecule has 0 aliphatic rings. The van der Waals surface area contributed by atoms with Gasteiger partial charge in [-0.3, -0.25) is 13.7 Å². The van der Waals surface area contributed by atoms with Gasteiger partial charge in [0.05, 0.1) is 14.7 Å². The standard InChI is InChI=1S/3C6H6O3S.H3P/c3*7-10(8,9)6-4-2-1-3-5-6;/h3*1-5H,(H,7,8,9);1H3. The van der Waals surface area contributed by atoms with E-state index in [0.717, 1.165) is 0 Å². The summed E-state index contributed by atoms with van der Waals surface area (Å²) in [7, 11) is -12.0. The Morgan fingerprint density at radius 1 is 0.387 bits per heavy atom. The van der Waals surface area contributed by atoms with Crippen LogP contribution in [0.1, 0.15) is 0 Å². The predicted octanol–water partition coefficient (Wildman–Crippen LogP) is 2.86. The van der Waals surface area contributed by atoms with Crippen LogP contribution < -0.4 is 0 Å². The predicted molar refractivity (Wildman–Crippen MR) is 120 cm³/mol. The highest BCUT2D eigenvalue weighted by molar-refractivity contribution is 7.86. The first-order chi connectivity index (χ1) is 13.8. The van der Waals surface area contributed by atoms with Gasteiger partial charge in [0, 0.05) is 0 Å². The Morgan fingerprint density at radius 2 is 0.548 bits per heavy atom. The lowest BCUT2D eigenvalue weighted by molar-refractivity contribution is 0.481. The second kappa shape index (κ2) is 12.6. The molecule has 0 fully saturated rings. The summed E-state index contributed by atoms with van der Waals surface area (Å²) in [6.07, 6.45) is 0. The van der Waals surface area contributed by atoms with Crippen molar-refractivity contribution in [2.75, 3.05) is 0 Å². The van der Waals surface area contributed by atoms with Crippen molar-refractivity contribution in [1.82, 2.24) is 0 Å². The van der Waals surface area contributed by atoms with Crippen molar-refractivity contribution in [2.45, 2.75) is 14.7 Å². The normalized spacial score (nSPS) is 10.9. The van der Waals surface area contributed by atoms with Crippen LogP contribution in [-0.2, 0) is 30.4 Å². The molecule has 0 heterocycles. The van der Waals surface area contributed by atoms with Crippen molar-refractivity contribution in [3.8, 4) is 0 Å². The Morgan fingerprint density at radius 3 is 0.645 bits per heavy atom. The van der Waals surface area contributed by atoms with Gasteiger partial charge in [0.2, 0.25) is 0 Å². The van der Waals surface area contributed by atoms with E-state index in [1.165, 1.54) is 36.4 Å². The smallest absolute Gasteiger partial charge is 0.282 e. The molecular formula is C18H21O9PS3. The Kier molecular flexibility index (Phi) is 11.7. The van der Waals surface area contributed by atoms with Crippen molar-refractivity contribution in [3.05, 3.63) is 91.0 Å². The van der Waals surface area contributed by atoms with Crippen molar-refractivity contribution >= 4 is 40.3 Å². The van der Waals surface area contributed by atoms with Crippen LogP contribution >= 0.6 is 9.90 Å². The first-order valence-corrected chi connectivity index (χ1v) is 12.2. The van der Waals surface area contributed by atoms with Gasteiger partial charge in [0.1, 0.15) is 0 Å². The van der Waals surface area contributed by atoms with Gasteiger partial charge in [0.25, 0.3) is 30.4 Å². The molecule has 0 saturated heterocycles. The van der Waals surface area contributed by atoms with E-state index in [1.807, 2.05) is 0 Å². The molecule has 0 aliphatic carbocycles. The summed E-state index contributed by atoms with van der Waals surface area (Å²) in [5.74, 6) is 0. The van der Waals surface area contributed by atoms with Crippen LogP contribution in [0.25, 0.3) is 0 Å². The van der Waals surface area contributed by atoms with E-state index < -0.39 is 30.4 Å². The minimum absolute atomic E-state index is 0. The lowest BCUT2D eigenvalue weighted by Gasteiger charge is -1.92. The van der Waals surface area contributed by atoms with Gasteiger partial charge in [-0.15, -0.1) is 0 Å². The summed E-state index contributed by atoms with van der Waals surface area (Å²) in [6.45, 7) is 0. The molecule has 0 amide bonds. The Labute approximate surface area is 184 Å². The minimum atomic E-state index is -4.00. The fourth-order valence-electron chi connectivity index (χ4n) is 1.78. The summed E-state index contributed by atoms with van der Waals surface area (Å²) >= 11 is 0. The molecule has 170 valence electrons. The van der Waals surface area contributed by atoms with Gasteiger partial charge in [-0.1, -0.05) is 54.6 Å². The average Bonchev–Trinajstić information content (AvgIpc) is 2.69. The number of hydrogen-bond acceptors (Lipinski definition) is 6. The minimum Gasteiger partial charge on any atom is -0.282 e. The van der Waals surface area contributed by atoms with Crippen molar-refractivity contribution in [2.24, 2.45) is 0 Å². The number of benzene rings is 3. The van der Waals surface area contributed by atoms with Crippen molar-refractivity contribution in [1.29, 1.82) is 0 Å². The Hall–Kier alpha value is -2.18. The molecule has 3 aromatic rings. The molecule has 9 nitrogen and oxygen atoms in total. The zero-order valence-electron chi connectivity index (χ0n) is 15.9. The monoisotopic (exact) mass is 508 g/mol. The van der Waals surface area contributed by atoms with Gasteiger partial charge >= 0.3 is 0 Å². The average molecular weight is 509 g/mol. The molecule has 13 heteroatoms. The zero-order chi connectivity index (χ0) is 22.8. The zero-order valence-corrected chi connectivity index (χ0v) is 19.7. The van der Waals surface area contributed by atoms with Gasteiger partial charge in [-0.05, 0) is 36.4 Å². The van der Waals surface area contributed by atoms with Crippen LogP contribution in [0.3, 0.4) is 0 Å². The second-order valence-electron chi connectivity index (χ2n) is 5.36. The lowest BCUT2D eigenvalue weighted by atomic mass is 10.4. The Bertz CT molecular complexity index is 1070. The second-order valence-corrected chi connectivity index (χ2v) is 9.63. The first kappa shape index (κ1) is 28.8. The maximum absolute atomic E-state index is 10.4. The van der Waals surface area contributed by atoms with E-state index in [0.29, 0.717) is 0 Å². The highest BCUT2D eigenvalue weighted by Gasteiger charge is 2.07. The summed E-state index contributed by atoms with van der Waals surface area (Å²) in [5, 5.41) is 0. The third kappa shape index (κ3) is 11.7. The summed E-state index contributed by atoms with van der Waals surface area (Å²) in [6, 6.07) is 22.3. The fraction of sp³-hybridized carbons (Fsp3) is 0. The van der Waals surface area contributed by atoms with Gasteiger partial charge in [-0.2, -0.15) is 35.2 Å². The van der Waals surface area contributed by atoms with Crippen LogP contribution in [0, 0.1) is 0 Å². The topological polar surface area (TPSA) is 163 Å².